The molecule has 0 saturated carbocycles. The summed E-state index contributed by atoms with van der Waals surface area (Å²) in [5.74, 6) is -11.8. The molecule has 56 atom stereocenters. The second-order valence-electron chi connectivity index (χ2n) is 36.7. The van der Waals surface area contributed by atoms with E-state index in [2.05, 4.69) is 31.9 Å². The number of hydrogen-bond donors (Lipinski definition) is 38. The van der Waals surface area contributed by atoms with Crippen molar-refractivity contribution in [1.82, 2.24) is 31.9 Å². The van der Waals surface area contributed by atoms with E-state index >= 15 is 0 Å². The van der Waals surface area contributed by atoms with Crippen molar-refractivity contribution in [2.24, 2.45) is 0 Å². The zero-order valence-corrected chi connectivity index (χ0v) is 78.7. The Morgan fingerprint density at radius 2 is 0.571 bits per heavy atom. The SMILES string of the molecule is CC(=O)N[C@H]1[C@H](OC[C@H]2O[C@@H](O[C@H]3[C@H](O)[C@@H](NC(C)=O)[C@H](O[C@H]4[C@@H](O)[C@@H](CO)O[C@@H](O[C@H]5[C@@H](O)[C@@H](CO)OC(O)[C@@H]5NC(C)=O)[C@@H]4O)O[C@@H]3CO)[C@H](O)[C@@H](O[C@@H]3O[C@H](CO)[C@@H](O[C@@H]4O[C@H](CO)[C@H](O)[C@H](O[C@@H]5O[C@H](CO)[C@@H](O[C@@H]6O[C@H](CO)[C@H](O)[C@H](O[C@]7(C(=O)O)C[C@H](O)[C@@H](NC(=O)CO)[C@H]([C@H](O)[C@H](O)CO)O7)[C@H]6O)[C@H](O)[C@H]5NC(C)=O)[C@H]4O)[C@H](O)[C@H]3NC(C)=O)[C@H]2O)O[C@H](CO)[C@@H](O[C@@H]2O[C@H](CO)[C@H](O)[C@H](O)[C@H]2O)[C@@H]1O. The van der Waals surface area contributed by atoms with Gasteiger partial charge in [0.15, 0.2) is 62.9 Å². The van der Waals surface area contributed by atoms with Crippen LogP contribution in [0.1, 0.15) is 41.0 Å². The molecule has 11 saturated heterocycles. The molecule has 66 heteroatoms. The lowest BCUT2D eigenvalue weighted by Crippen LogP contribution is -2.71. The first kappa shape index (κ1) is 121. The second-order valence-corrected chi connectivity index (χ2v) is 36.7. The molecule has 0 bridgehead atoms. The number of carbonyl (C=O) groups is 7. The van der Waals surface area contributed by atoms with Gasteiger partial charge >= 0.3 is 5.97 Å². The molecule has 11 heterocycles. The predicted octanol–water partition coefficient (Wildman–Crippen LogP) is -25.9. The number of carboxylic acids is 1. The van der Waals surface area contributed by atoms with Crippen molar-refractivity contribution in [3.05, 3.63) is 0 Å². The summed E-state index contributed by atoms with van der Waals surface area (Å²) in [6.07, 6.45) is -109. The van der Waals surface area contributed by atoms with Crippen molar-refractivity contribution < 1.29 is 296 Å². The number of carboxylic acid groups (broad SMARTS) is 1. The lowest BCUT2D eigenvalue weighted by atomic mass is 9.88. The van der Waals surface area contributed by atoms with Gasteiger partial charge in [-0.1, -0.05) is 0 Å². The minimum Gasteiger partial charge on any atom is -0.477 e. The maximum atomic E-state index is 13.5. The molecule has 0 aromatic rings. The van der Waals surface area contributed by atoms with E-state index < -0.39 is 470 Å². The van der Waals surface area contributed by atoms with Crippen molar-refractivity contribution in [2.75, 3.05) is 79.3 Å². The van der Waals surface area contributed by atoms with E-state index in [1.165, 1.54) is 0 Å². The lowest BCUT2D eigenvalue weighted by molar-refractivity contribution is -0.393. The minimum atomic E-state index is -3.37. The summed E-state index contributed by atoms with van der Waals surface area (Å²) in [6.45, 7) is -9.84. The largest absolute Gasteiger partial charge is 0.477 e. The lowest BCUT2D eigenvalue weighted by Gasteiger charge is -2.51. The molecule has 0 aromatic carbocycles. The Kier molecular flexibility index (Phi) is 43.9. The highest BCUT2D eigenvalue weighted by atomic mass is 16.8. The van der Waals surface area contributed by atoms with Gasteiger partial charge in [0, 0.05) is 41.0 Å². The molecule has 11 fully saturated rings. The smallest absolute Gasteiger partial charge is 0.364 e. The Bertz CT molecular complexity index is 4180. The molecule has 0 aromatic heterocycles. The summed E-state index contributed by atoms with van der Waals surface area (Å²) in [5.41, 5.74) is 0. The maximum Gasteiger partial charge on any atom is 0.364 e. The fourth-order valence-corrected chi connectivity index (χ4v) is 19.0. The first-order valence-electron chi connectivity index (χ1n) is 46.4. The quantitative estimate of drug-likeness (QED) is 0.0270. The van der Waals surface area contributed by atoms with E-state index in [9.17, 15) is 197 Å². The molecule has 1 unspecified atom stereocenters. The van der Waals surface area contributed by atoms with Gasteiger partial charge in [0.25, 0.3) is 5.79 Å². The van der Waals surface area contributed by atoms with Crippen LogP contribution in [-0.2, 0) is 133 Å². The number of hydrogen-bond acceptors (Lipinski definition) is 59. The van der Waals surface area contributed by atoms with Crippen LogP contribution >= 0.6 is 0 Å². The zero-order valence-electron chi connectivity index (χ0n) is 78.7. The Morgan fingerprint density at radius 3 is 0.912 bits per heavy atom. The van der Waals surface area contributed by atoms with E-state index in [4.69, 9.17) is 99.5 Å². The number of aliphatic hydroxyl groups excluding tert-OH is 31. The topological polar surface area (TPSA) is 1030 Å². The number of aliphatic carboxylic acids is 1. The fourth-order valence-electron chi connectivity index (χ4n) is 19.0. The van der Waals surface area contributed by atoms with E-state index in [0.717, 1.165) is 34.6 Å². The number of carbonyl (C=O) groups excluding carboxylic acids is 6. The highest BCUT2D eigenvalue weighted by Crippen LogP contribution is 2.44. The molecule has 11 aliphatic heterocycles. The first-order valence-corrected chi connectivity index (χ1v) is 46.4. The molecule has 66 nitrogen and oxygen atoms in total. The van der Waals surface area contributed by atoms with E-state index in [1.807, 2.05) is 0 Å². The number of rotatable bonds is 41. The first-order chi connectivity index (χ1) is 69.5. The molecule has 147 heavy (non-hydrogen) atoms. The summed E-state index contributed by atoms with van der Waals surface area (Å²) >= 11 is 0. The van der Waals surface area contributed by atoms with Crippen LogP contribution in [0.4, 0.5) is 0 Å². The van der Waals surface area contributed by atoms with Crippen molar-refractivity contribution in [1.29, 1.82) is 0 Å². The van der Waals surface area contributed by atoms with Gasteiger partial charge in [-0.2, -0.15) is 0 Å². The fraction of sp³-hybridized carbons (Fsp3) is 0.914. The Hall–Kier alpha value is -5.79. The molecule has 11 aliphatic rings. The number of nitrogens with one attached hydrogen (secondary N) is 6. The third-order valence-corrected chi connectivity index (χ3v) is 26.5. The van der Waals surface area contributed by atoms with Gasteiger partial charge in [-0.15, -0.1) is 0 Å². The van der Waals surface area contributed by atoms with Gasteiger partial charge in [-0.3, -0.25) is 28.8 Å². The van der Waals surface area contributed by atoms with Crippen LogP contribution in [0.25, 0.3) is 0 Å². The summed E-state index contributed by atoms with van der Waals surface area (Å²) in [6, 6.07) is -11.9. The molecule has 38 N–H and O–H groups in total. The van der Waals surface area contributed by atoms with Crippen LogP contribution < -0.4 is 31.9 Å². The van der Waals surface area contributed by atoms with Crippen LogP contribution in [0, 0.1) is 0 Å². The van der Waals surface area contributed by atoms with E-state index in [1.54, 1.807) is 0 Å². The number of ether oxygens (including phenoxy) is 21. The highest BCUT2D eigenvalue weighted by Gasteiger charge is 2.65. The summed E-state index contributed by atoms with van der Waals surface area (Å²) in [4.78, 5) is 90.9. The Labute approximate surface area is 830 Å². The summed E-state index contributed by atoms with van der Waals surface area (Å²) in [7, 11) is 0. The minimum absolute atomic E-state index is 0.831. The molecular weight excluding hydrogens is 2020 g/mol. The predicted molar refractivity (Wildman–Crippen MR) is 451 cm³/mol. The highest BCUT2D eigenvalue weighted by molar-refractivity contribution is 5.78. The third-order valence-electron chi connectivity index (χ3n) is 26.5. The van der Waals surface area contributed by atoms with Gasteiger partial charge in [-0.25, -0.2) is 4.79 Å². The van der Waals surface area contributed by atoms with Gasteiger partial charge in [0.1, 0.15) is 269 Å². The molecule has 0 spiro atoms. The van der Waals surface area contributed by atoms with Crippen LogP contribution in [0.15, 0.2) is 0 Å². The van der Waals surface area contributed by atoms with Gasteiger partial charge < -0.3 is 295 Å². The average Bonchev–Trinajstić information content (AvgIpc) is 0.761. The van der Waals surface area contributed by atoms with Crippen molar-refractivity contribution in [2.45, 2.75) is 384 Å². The van der Waals surface area contributed by atoms with Crippen molar-refractivity contribution in [3.63, 3.8) is 0 Å². The number of amides is 6. The van der Waals surface area contributed by atoms with Crippen LogP contribution in [-0.4, -0.2) is 627 Å². The van der Waals surface area contributed by atoms with Crippen molar-refractivity contribution >= 4 is 41.4 Å². The Balaban J connectivity index is 0.860. The molecular formula is C81H134N6O60. The normalized spacial score (nSPS) is 46.8. The monoisotopic (exact) mass is 2150 g/mol. The van der Waals surface area contributed by atoms with E-state index in [-0.39, 0.29) is 0 Å². The molecule has 11 rings (SSSR count). The van der Waals surface area contributed by atoms with Gasteiger partial charge in [0.05, 0.1) is 84.8 Å². The van der Waals surface area contributed by atoms with E-state index in [0.29, 0.717) is 0 Å². The van der Waals surface area contributed by atoms with Crippen LogP contribution in [0.2, 0.25) is 0 Å². The molecule has 848 valence electrons. The van der Waals surface area contributed by atoms with Crippen molar-refractivity contribution in [3.8, 4) is 0 Å². The van der Waals surface area contributed by atoms with Gasteiger partial charge in [-0.05, 0) is 0 Å². The standard InChI is InChI=1S/C81H134N6O60/c1-19(99)82-38-50(114)60(138-75-55(119)54(118)44(108)26(8-89)129-75)31(13-94)133-71(38)127-18-35-49(113)68(58(122)78(137-35)140-62-33(15-96)134-73(39(52(62)116)83-20(2)100)144-67-47(111)29(11-92)131-77(57(67)121)142-64-42(86-23(5)103)70(124)128-27(9-90)45(64)109)145-74-41(85-22(4)102)51(115)61(32(14-95)136-74)139-76-56(120)66(46(110)28(10-91)130-76)143-72-40(84-21(3)101)53(117)63(34(16-97)135-72)141-79-59(123)69(48(112)30(12-93)132-79)147-81(80(125)126)6-24(104)37(87-36(106)17-98)65(146-81)43(107)25(105)7-88/h24-35,37-79,88-98,104-105,107-124H,6-18H2,1-5H3,(H,82,99)(H,83,100)(H,84,101)(H,85,102)(H,86,103)(H,87,106)(H,125,126)/t24-,25+,26+,27+,28+,29+,30+,31+,32+,33+,34+,35+,37+,38+,39+,40+,41+,42+,43+,44-,45-,46-,47-,48-,49-,50+,51+,52+,53+,54-,55+,56+,57+,58+,59+,60+,61+,62+,63+,64+,65+,66-,67-,68-,69-,70?,71+,72-,73-,74-,75-,76-,77-,78-,79-,81-/m0/s1. The van der Waals surface area contributed by atoms with Crippen LogP contribution in [0.3, 0.4) is 0 Å². The Morgan fingerprint density at radius 1 is 0.293 bits per heavy atom. The number of aliphatic hydroxyl groups is 31. The summed E-state index contributed by atoms with van der Waals surface area (Å²) < 4.78 is 124. The third kappa shape index (κ3) is 27.1. The average molecular weight is 2150 g/mol. The molecule has 0 aliphatic carbocycles. The molecule has 0 radical (unpaired) electrons. The zero-order chi connectivity index (χ0) is 109. The maximum absolute atomic E-state index is 13.5. The van der Waals surface area contributed by atoms with Crippen LogP contribution in [0.5, 0.6) is 0 Å². The summed E-state index contributed by atoms with van der Waals surface area (Å²) in [5, 5.41) is 373. The van der Waals surface area contributed by atoms with Gasteiger partial charge in [0.2, 0.25) is 35.4 Å². The molecule has 6 amide bonds. The second kappa shape index (κ2) is 53.1.